The van der Waals surface area contributed by atoms with Gasteiger partial charge in [0.15, 0.2) is 0 Å². The lowest BCUT2D eigenvalue weighted by Gasteiger charge is -2.39. The lowest BCUT2D eigenvalue weighted by molar-refractivity contribution is -0.145. The number of carbonyl (C=O) groups excluding carboxylic acids is 1. The predicted octanol–water partition coefficient (Wildman–Crippen LogP) is -0.808. The quantitative estimate of drug-likeness (QED) is 0.523. The molecule has 12 heavy (non-hydrogen) atoms. The normalized spacial score (nSPS) is 37.6. The second-order valence-electron chi connectivity index (χ2n) is 4.09. The van der Waals surface area contributed by atoms with E-state index >= 15 is 0 Å². The summed E-state index contributed by atoms with van der Waals surface area (Å²) in [6.45, 7) is 1.86. The molecule has 2 rings (SSSR count). The van der Waals surface area contributed by atoms with E-state index in [9.17, 15) is 4.79 Å². The minimum atomic E-state index is -0.672. The Morgan fingerprint density at radius 3 is 2.58 bits per heavy atom. The zero-order valence-corrected chi connectivity index (χ0v) is 7.46. The van der Waals surface area contributed by atoms with Gasteiger partial charge in [0.25, 0.3) is 0 Å². The monoisotopic (exact) mass is 170 g/mol. The number of esters is 1. The molecule has 68 valence electrons. The molecular weight excluding hydrogens is 156 g/mol. The summed E-state index contributed by atoms with van der Waals surface area (Å²) in [6, 6.07) is 0. The zero-order valence-electron chi connectivity index (χ0n) is 7.46. The third-order valence-electron chi connectivity index (χ3n) is 3.13. The van der Waals surface area contributed by atoms with Crippen LogP contribution in [-0.2, 0) is 9.53 Å². The molecule has 0 aromatic rings. The first kappa shape index (κ1) is 8.01. The van der Waals surface area contributed by atoms with Crippen LogP contribution in [0.4, 0.5) is 0 Å². The van der Waals surface area contributed by atoms with Crippen molar-refractivity contribution in [1.29, 1.82) is 0 Å². The molecule has 2 aliphatic rings. The van der Waals surface area contributed by atoms with Gasteiger partial charge in [-0.2, -0.15) is 0 Å². The van der Waals surface area contributed by atoms with Crippen LogP contribution in [0.25, 0.3) is 0 Å². The van der Waals surface area contributed by atoms with Crippen molar-refractivity contribution in [2.75, 3.05) is 27.2 Å². The van der Waals surface area contributed by atoms with Crippen molar-refractivity contribution in [1.82, 2.24) is 4.90 Å². The maximum Gasteiger partial charge on any atom is 0.326 e. The van der Waals surface area contributed by atoms with Gasteiger partial charge in [0.05, 0.1) is 7.11 Å². The number of ether oxygens (including phenoxy) is 1. The van der Waals surface area contributed by atoms with Crippen molar-refractivity contribution in [3.63, 3.8) is 0 Å². The topological polar surface area (TPSA) is 55.6 Å². The molecular formula is C8H14N2O2. The number of nitrogens with two attached hydrogens (primary N) is 1. The van der Waals surface area contributed by atoms with Crippen molar-refractivity contribution in [3.8, 4) is 0 Å². The van der Waals surface area contributed by atoms with Gasteiger partial charge in [-0.1, -0.05) is 0 Å². The van der Waals surface area contributed by atoms with Crippen LogP contribution in [0.15, 0.2) is 0 Å². The first-order valence-corrected chi connectivity index (χ1v) is 4.10. The molecule has 0 amide bonds. The molecule has 1 unspecified atom stereocenters. The lowest BCUT2D eigenvalue weighted by Crippen LogP contribution is -2.55. The van der Waals surface area contributed by atoms with Crippen LogP contribution in [0, 0.1) is 5.41 Å². The molecule has 1 heterocycles. The van der Waals surface area contributed by atoms with E-state index in [0.717, 1.165) is 19.5 Å². The van der Waals surface area contributed by atoms with E-state index < -0.39 is 5.54 Å². The van der Waals surface area contributed by atoms with Crippen molar-refractivity contribution < 1.29 is 9.53 Å². The fraction of sp³-hybridized carbons (Fsp3) is 0.875. The maximum atomic E-state index is 11.2. The Morgan fingerprint density at radius 1 is 1.58 bits per heavy atom. The maximum absolute atomic E-state index is 11.2. The van der Waals surface area contributed by atoms with Crippen LogP contribution >= 0.6 is 0 Å². The Kier molecular flexibility index (Phi) is 1.34. The summed E-state index contributed by atoms with van der Waals surface area (Å²) in [5.74, 6) is -0.254. The van der Waals surface area contributed by atoms with Gasteiger partial charge in [0.2, 0.25) is 0 Å². The van der Waals surface area contributed by atoms with Gasteiger partial charge < -0.3 is 15.4 Å². The van der Waals surface area contributed by atoms with E-state index in [1.54, 1.807) is 0 Å². The summed E-state index contributed by atoms with van der Waals surface area (Å²) >= 11 is 0. The molecule has 0 aromatic carbocycles. The molecule has 1 spiro atoms. The van der Waals surface area contributed by atoms with Crippen molar-refractivity contribution in [3.05, 3.63) is 0 Å². The zero-order chi connectivity index (χ0) is 8.98. The third-order valence-corrected chi connectivity index (χ3v) is 3.13. The van der Waals surface area contributed by atoms with Gasteiger partial charge in [-0.25, -0.2) is 0 Å². The van der Waals surface area contributed by atoms with Crippen molar-refractivity contribution >= 4 is 5.97 Å². The van der Waals surface area contributed by atoms with E-state index in [4.69, 9.17) is 5.73 Å². The molecule has 4 nitrogen and oxygen atoms in total. The summed E-state index contributed by atoms with van der Waals surface area (Å²) in [5, 5.41) is 0. The number of hydrogen-bond acceptors (Lipinski definition) is 4. The summed E-state index contributed by atoms with van der Waals surface area (Å²) in [4.78, 5) is 13.4. The van der Waals surface area contributed by atoms with E-state index in [1.807, 2.05) is 7.05 Å². The molecule has 2 fully saturated rings. The Labute approximate surface area is 71.7 Å². The van der Waals surface area contributed by atoms with E-state index in [-0.39, 0.29) is 11.4 Å². The van der Waals surface area contributed by atoms with Gasteiger partial charge in [0, 0.05) is 18.5 Å². The summed E-state index contributed by atoms with van der Waals surface area (Å²) in [6.07, 6.45) is 0.789. The Hall–Kier alpha value is -0.610. The highest BCUT2D eigenvalue weighted by Gasteiger charge is 2.74. The van der Waals surface area contributed by atoms with Gasteiger partial charge >= 0.3 is 5.97 Å². The molecule has 0 bridgehead atoms. The van der Waals surface area contributed by atoms with E-state index in [0.29, 0.717) is 0 Å². The second kappa shape index (κ2) is 2.00. The molecule has 1 saturated heterocycles. The van der Waals surface area contributed by atoms with Gasteiger partial charge in [-0.15, -0.1) is 0 Å². The largest absolute Gasteiger partial charge is 0.468 e. The summed E-state index contributed by atoms with van der Waals surface area (Å²) < 4.78 is 4.66. The minimum Gasteiger partial charge on any atom is -0.468 e. The molecule has 1 saturated carbocycles. The number of methoxy groups -OCH3 is 1. The fourth-order valence-electron chi connectivity index (χ4n) is 2.34. The lowest BCUT2D eigenvalue weighted by atomic mass is 9.91. The van der Waals surface area contributed by atoms with Crippen LogP contribution in [-0.4, -0.2) is 43.7 Å². The fourth-order valence-corrected chi connectivity index (χ4v) is 2.34. The molecule has 1 aliphatic carbocycles. The number of hydrogen-bond donors (Lipinski definition) is 1. The van der Waals surface area contributed by atoms with Crippen LogP contribution in [0.3, 0.4) is 0 Å². The first-order valence-electron chi connectivity index (χ1n) is 4.10. The Morgan fingerprint density at radius 2 is 2.17 bits per heavy atom. The molecule has 1 atom stereocenters. The highest BCUT2D eigenvalue weighted by molar-refractivity contribution is 5.86. The van der Waals surface area contributed by atoms with Crippen molar-refractivity contribution in [2.45, 2.75) is 12.0 Å². The predicted molar refractivity (Wildman–Crippen MR) is 43.5 cm³/mol. The number of likely N-dealkylation sites (tertiary alicyclic amines) is 1. The molecule has 2 N–H and O–H groups in total. The standard InChI is InChI=1S/C8H14N2O2/c1-10-4-7(5-10)3-8(7,9)6(11)12-2/h3-5,9H2,1-2H3. The van der Waals surface area contributed by atoms with Crippen LogP contribution in [0.2, 0.25) is 0 Å². The Bertz CT molecular complexity index is 235. The van der Waals surface area contributed by atoms with E-state index in [2.05, 4.69) is 9.64 Å². The smallest absolute Gasteiger partial charge is 0.326 e. The second-order valence-corrected chi connectivity index (χ2v) is 4.09. The highest BCUT2D eigenvalue weighted by atomic mass is 16.5. The average molecular weight is 170 g/mol. The SMILES string of the molecule is COC(=O)C1(N)CC12CN(C)C2. The third kappa shape index (κ3) is 0.716. The number of rotatable bonds is 1. The summed E-state index contributed by atoms with van der Waals surface area (Å²) in [5.41, 5.74) is 5.28. The van der Waals surface area contributed by atoms with Crippen LogP contribution in [0.5, 0.6) is 0 Å². The van der Waals surface area contributed by atoms with E-state index in [1.165, 1.54) is 7.11 Å². The Balaban J connectivity index is 2.05. The molecule has 4 heteroatoms. The number of carbonyl (C=O) groups is 1. The molecule has 0 radical (unpaired) electrons. The highest BCUT2D eigenvalue weighted by Crippen LogP contribution is 2.60. The summed E-state index contributed by atoms with van der Waals surface area (Å²) in [7, 11) is 3.42. The minimum absolute atomic E-state index is 0.0504. The van der Waals surface area contributed by atoms with Gasteiger partial charge in [-0.3, -0.25) is 4.79 Å². The van der Waals surface area contributed by atoms with Crippen LogP contribution in [0.1, 0.15) is 6.42 Å². The van der Waals surface area contributed by atoms with Crippen molar-refractivity contribution in [2.24, 2.45) is 11.1 Å². The average Bonchev–Trinajstić information content (AvgIpc) is 2.56. The first-order chi connectivity index (χ1) is 5.54. The van der Waals surface area contributed by atoms with Gasteiger partial charge in [0.1, 0.15) is 5.54 Å². The van der Waals surface area contributed by atoms with Crippen LogP contribution < -0.4 is 5.73 Å². The number of nitrogens with zero attached hydrogens (tertiary/aromatic N) is 1. The molecule has 0 aromatic heterocycles. The van der Waals surface area contributed by atoms with Gasteiger partial charge in [-0.05, 0) is 13.5 Å². The molecule has 1 aliphatic heterocycles.